The molecule has 0 aliphatic heterocycles. The van der Waals surface area contributed by atoms with Crippen LogP contribution in [0.4, 0.5) is 0 Å². The molecule has 0 aliphatic carbocycles. The van der Waals surface area contributed by atoms with Crippen molar-refractivity contribution >= 4 is 11.0 Å². The molecule has 0 aliphatic rings. The number of aryl methyl sites for hydroxylation is 1. The molecule has 152 valence electrons. The van der Waals surface area contributed by atoms with Crippen molar-refractivity contribution in [3.05, 3.63) is 75.4 Å². The number of nitrogens with zero attached hydrogens (tertiary/aromatic N) is 3. The van der Waals surface area contributed by atoms with Gasteiger partial charge in [-0.3, -0.25) is 13.9 Å². The summed E-state index contributed by atoms with van der Waals surface area (Å²) in [6.07, 6.45) is 0. The van der Waals surface area contributed by atoms with E-state index in [0.29, 0.717) is 28.3 Å². The van der Waals surface area contributed by atoms with E-state index < -0.39 is 11.2 Å². The number of methoxy groups -OCH3 is 2. The van der Waals surface area contributed by atoms with Gasteiger partial charge in [-0.25, -0.2) is 9.78 Å². The second kappa shape index (κ2) is 7.51. The first-order valence-electron chi connectivity index (χ1n) is 9.35. The van der Waals surface area contributed by atoms with Gasteiger partial charge in [0.05, 0.1) is 25.4 Å². The van der Waals surface area contributed by atoms with Crippen molar-refractivity contribution in [2.24, 2.45) is 14.1 Å². The quantitative estimate of drug-likeness (QED) is 0.524. The Morgan fingerprint density at radius 3 is 2.23 bits per heavy atom. The molecular weight excluding hydrogens is 382 g/mol. The van der Waals surface area contributed by atoms with Crippen LogP contribution in [0.3, 0.4) is 0 Å². The van der Waals surface area contributed by atoms with Crippen LogP contribution in [0.25, 0.3) is 33.4 Å². The highest BCUT2D eigenvalue weighted by Gasteiger charge is 2.19. The van der Waals surface area contributed by atoms with Crippen molar-refractivity contribution < 1.29 is 9.47 Å². The molecular formula is C23H21N3O4. The van der Waals surface area contributed by atoms with Crippen molar-refractivity contribution in [3.63, 3.8) is 0 Å². The van der Waals surface area contributed by atoms with E-state index in [1.165, 1.54) is 11.6 Å². The Hall–Kier alpha value is -3.87. The predicted octanol–water partition coefficient (Wildman–Crippen LogP) is 2.98. The van der Waals surface area contributed by atoms with Gasteiger partial charge >= 0.3 is 5.69 Å². The van der Waals surface area contributed by atoms with Gasteiger partial charge in [-0.1, -0.05) is 30.3 Å². The summed E-state index contributed by atoms with van der Waals surface area (Å²) < 4.78 is 13.3. The summed E-state index contributed by atoms with van der Waals surface area (Å²) in [6, 6.07) is 16.9. The molecule has 4 aromatic rings. The zero-order valence-corrected chi connectivity index (χ0v) is 17.2. The molecule has 0 fully saturated rings. The Labute approximate surface area is 172 Å². The van der Waals surface area contributed by atoms with E-state index in [1.54, 1.807) is 27.3 Å². The van der Waals surface area contributed by atoms with Crippen molar-refractivity contribution in [2.45, 2.75) is 0 Å². The second-order valence-electron chi connectivity index (χ2n) is 6.89. The Balaban J connectivity index is 2.15. The molecule has 7 heteroatoms. The monoisotopic (exact) mass is 403 g/mol. The maximum atomic E-state index is 13.0. The molecule has 2 heterocycles. The number of pyridine rings is 1. The topological polar surface area (TPSA) is 75.4 Å². The minimum atomic E-state index is -0.445. The molecule has 2 aromatic heterocycles. The molecule has 0 bridgehead atoms. The van der Waals surface area contributed by atoms with Gasteiger partial charge in [0.2, 0.25) is 0 Å². The average Bonchev–Trinajstić information content (AvgIpc) is 2.80. The third kappa shape index (κ3) is 3.04. The van der Waals surface area contributed by atoms with Gasteiger partial charge in [-0.15, -0.1) is 0 Å². The number of fused-ring (bicyclic) bond motifs is 1. The Morgan fingerprint density at radius 2 is 1.57 bits per heavy atom. The summed E-state index contributed by atoms with van der Waals surface area (Å²) in [6.45, 7) is 0. The lowest BCUT2D eigenvalue weighted by Crippen LogP contribution is -2.37. The lowest BCUT2D eigenvalue weighted by Gasteiger charge is -2.15. The van der Waals surface area contributed by atoms with Crippen LogP contribution in [-0.2, 0) is 14.1 Å². The molecule has 0 saturated heterocycles. The van der Waals surface area contributed by atoms with Crippen LogP contribution >= 0.6 is 0 Å². The van der Waals surface area contributed by atoms with Crippen LogP contribution < -0.4 is 20.7 Å². The molecule has 30 heavy (non-hydrogen) atoms. The predicted molar refractivity (Wildman–Crippen MR) is 116 cm³/mol. The van der Waals surface area contributed by atoms with Crippen molar-refractivity contribution in [3.8, 4) is 33.9 Å². The Kier molecular flexibility index (Phi) is 4.87. The Morgan fingerprint density at radius 1 is 0.833 bits per heavy atom. The largest absolute Gasteiger partial charge is 0.497 e. The summed E-state index contributed by atoms with van der Waals surface area (Å²) in [5.41, 5.74) is 2.76. The van der Waals surface area contributed by atoms with E-state index in [2.05, 4.69) is 4.98 Å². The molecule has 4 rings (SSSR count). The van der Waals surface area contributed by atoms with Crippen LogP contribution in [-0.4, -0.2) is 28.3 Å². The standard InChI is InChI=1S/C23H21N3O4/c1-25-21-17(14-8-6-5-7-9-14)13-18(24-20(21)22(27)26(2)23(25)28)16-11-10-15(29-3)12-19(16)30-4/h5-13H,1-4H3. The van der Waals surface area contributed by atoms with Crippen LogP contribution in [0.1, 0.15) is 0 Å². The van der Waals surface area contributed by atoms with Crippen LogP contribution in [0.2, 0.25) is 0 Å². The molecule has 0 amide bonds. The molecule has 0 spiro atoms. The van der Waals surface area contributed by atoms with Gasteiger partial charge in [-0.05, 0) is 23.8 Å². The van der Waals surface area contributed by atoms with Gasteiger partial charge in [-0.2, -0.15) is 0 Å². The number of hydrogen-bond donors (Lipinski definition) is 0. The first kappa shape index (κ1) is 19.4. The van der Waals surface area contributed by atoms with E-state index in [4.69, 9.17) is 9.47 Å². The number of hydrogen-bond acceptors (Lipinski definition) is 5. The molecule has 0 radical (unpaired) electrons. The van der Waals surface area contributed by atoms with E-state index in [0.717, 1.165) is 15.7 Å². The zero-order chi connectivity index (χ0) is 21.4. The normalized spacial score (nSPS) is 10.9. The molecule has 2 aromatic carbocycles. The van der Waals surface area contributed by atoms with E-state index in [9.17, 15) is 9.59 Å². The summed E-state index contributed by atoms with van der Waals surface area (Å²) in [5.74, 6) is 1.22. The number of ether oxygens (including phenoxy) is 2. The first-order chi connectivity index (χ1) is 14.5. The highest BCUT2D eigenvalue weighted by atomic mass is 16.5. The highest BCUT2D eigenvalue weighted by Crippen LogP contribution is 2.36. The second-order valence-corrected chi connectivity index (χ2v) is 6.89. The SMILES string of the molecule is COc1ccc(-c2cc(-c3ccccc3)c3c(n2)c(=O)n(C)c(=O)n3C)c(OC)c1. The van der Waals surface area contributed by atoms with Crippen LogP contribution in [0.15, 0.2) is 64.2 Å². The summed E-state index contributed by atoms with van der Waals surface area (Å²) in [7, 11) is 6.25. The van der Waals surface area contributed by atoms with E-state index in [-0.39, 0.29) is 5.52 Å². The minimum absolute atomic E-state index is 0.217. The van der Waals surface area contributed by atoms with Gasteiger partial charge in [0.1, 0.15) is 11.5 Å². The molecule has 0 saturated carbocycles. The van der Waals surface area contributed by atoms with Gasteiger partial charge in [0.15, 0.2) is 5.52 Å². The third-order valence-corrected chi connectivity index (χ3v) is 5.18. The number of aromatic nitrogens is 3. The maximum absolute atomic E-state index is 13.0. The van der Waals surface area contributed by atoms with E-state index >= 15 is 0 Å². The van der Waals surface area contributed by atoms with E-state index in [1.807, 2.05) is 48.5 Å². The molecule has 7 nitrogen and oxygen atoms in total. The lowest BCUT2D eigenvalue weighted by molar-refractivity contribution is 0.395. The fraction of sp³-hybridized carbons (Fsp3) is 0.174. The average molecular weight is 403 g/mol. The van der Waals surface area contributed by atoms with Gasteiger partial charge < -0.3 is 9.47 Å². The zero-order valence-electron chi connectivity index (χ0n) is 17.2. The highest BCUT2D eigenvalue weighted by molar-refractivity contribution is 5.94. The minimum Gasteiger partial charge on any atom is -0.497 e. The lowest BCUT2D eigenvalue weighted by atomic mass is 10.0. The third-order valence-electron chi connectivity index (χ3n) is 5.18. The van der Waals surface area contributed by atoms with Crippen molar-refractivity contribution in [1.29, 1.82) is 0 Å². The fourth-order valence-corrected chi connectivity index (χ4v) is 3.58. The Bertz CT molecular complexity index is 1370. The number of benzene rings is 2. The van der Waals surface area contributed by atoms with Crippen molar-refractivity contribution in [2.75, 3.05) is 14.2 Å². The molecule has 0 atom stereocenters. The van der Waals surface area contributed by atoms with Gasteiger partial charge in [0.25, 0.3) is 5.56 Å². The summed E-state index contributed by atoms with van der Waals surface area (Å²) >= 11 is 0. The summed E-state index contributed by atoms with van der Waals surface area (Å²) in [4.78, 5) is 30.2. The van der Waals surface area contributed by atoms with Crippen LogP contribution in [0, 0.1) is 0 Å². The van der Waals surface area contributed by atoms with Gasteiger partial charge in [0, 0.05) is 31.3 Å². The number of rotatable bonds is 4. The van der Waals surface area contributed by atoms with Crippen LogP contribution in [0.5, 0.6) is 11.5 Å². The molecule has 0 unspecified atom stereocenters. The molecule has 0 N–H and O–H groups in total. The maximum Gasteiger partial charge on any atom is 0.331 e. The smallest absolute Gasteiger partial charge is 0.331 e. The first-order valence-corrected chi connectivity index (χ1v) is 9.35. The fourth-order valence-electron chi connectivity index (χ4n) is 3.58. The van der Waals surface area contributed by atoms with Crippen molar-refractivity contribution in [1.82, 2.24) is 14.1 Å². The summed E-state index contributed by atoms with van der Waals surface area (Å²) in [5, 5.41) is 0.